The van der Waals surface area contributed by atoms with Gasteiger partial charge in [-0.15, -0.1) is 0 Å². The predicted molar refractivity (Wildman–Crippen MR) is 119 cm³/mol. The van der Waals surface area contributed by atoms with Crippen LogP contribution in [0.4, 0.5) is 20.5 Å². The zero-order valence-corrected chi connectivity index (χ0v) is 18.0. The van der Waals surface area contributed by atoms with E-state index in [9.17, 15) is 8.78 Å². The molecule has 1 aromatic carbocycles. The molecule has 2 N–H and O–H groups in total. The van der Waals surface area contributed by atoms with Crippen molar-refractivity contribution < 1.29 is 13.5 Å². The molecule has 2 aliphatic rings. The first kappa shape index (κ1) is 21.0. The first-order valence-corrected chi connectivity index (χ1v) is 11.1. The molecule has 0 aliphatic carbocycles. The number of ether oxygens (including phenoxy) is 1. The monoisotopic (exact) mass is 443 g/mol. The summed E-state index contributed by atoms with van der Waals surface area (Å²) in [5.74, 6) is 1.20. The van der Waals surface area contributed by atoms with Gasteiger partial charge in [-0.3, -0.25) is 4.57 Å². The summed E-state index contributed by atoms with van der Waals surface area (Å²) < 4.78 is 35.0. The molecular formula is C22H27F2N7O. The fraction of sp³-hybridized carbons (Fsp3) is 0.500. The highest BCUT2D eigenvalue weighted by Crippen LogP contribution is 2.29. The molecule has 1 unspecified atom stereocenters. The number of piperidine rings is 1. The molecule has 8 nitrogen and oxygen atoms in total. The molecule has 2 aromatic heterocycles. The average Bonchev–Trinajstić information content (AvgIpc) is 3.20. The van der Waals surface area contributed by atoms with Crippen LogP contribution in [0.1, 0.15) is 32.0 Å². The summed E-state index contributed by atoms with van der Waals surface area (Å²) in [6.07, 6.45) is -0.763. The molecule has 2 aliphatic heterocycles. The van der Waals surface area contributed by atoms with Crippen LogP contribution in [0.5, 0.6) is 0 Å². The van der Waals surface area contributed by atoms with Crippen molar-refractivity contribution in [2.45, 2.75) is 38.3 Å². The van der Waals surface area contributed by atoms with Gasteiger partial charge < -0.3 is 20.3 Å². The van der Waals surface area contributed by atoms with E-state index in [2.05, 4.69) is 25.5 Å². The highest BCUT2D eigenvalue weighted by Gasteiger charge is 2.25. The summed E-state index contributed by atoms with van der Waals surface area (Å²) in [5.41, 5.74) is 1.10. The number of aromatic nitrogens is 4. The van der Waals surface area contributed by atoms with E-state index in [0.29, 0.717) is 48.3 Å². The maximum atomic E-state index is 14.0. The lowest BCUT2D eigenvalue weighted by Gasteiger charge is -2.32. The summed E-state index contributed by atoms with van der Waals surface area (Å²) >= 11 is 0. The van der Waals surface area contributed by atoms with Crippen LogP contribution in [0.15, 0.2) is 30.3 Å². The zero-order chi connectivity index (χ0) is 22.1. The summed E-state index contributed by atoms with van der Waals surface area (Å²) in [7, 11) is 0. The van der Waals surface area contributed by atoms with Crippen LogP contribution in [0.2, 0.25) is 0 Å². The van der Waals surface area contributed by atoms with E-state index < -0.39 is 6.43 Å². The molecular weight excluding hydrogens is 416 g/mol. The predicted octanol–water partition coefficient (Wildman–Crippen LogP) is 3.14. The lowest BCUT2D eigenvalue weighted by molar-refractivity contribution is 0.0529. The third-order valence-corrected chi connectivity index (χ3v) is 5.95. The first-order valence-electron chi connectivity index (χ1n) is 11.1. The number of hydrogen-bond acceptors (Lipinski definition) is 7. The van der Waals surface area contributed by atoms with E-state index in [1.54, 1.807) is 24.3 Å². The molecule has 4 heterocycles. The number of fused-ring (bicyclic) bond motifs is 1. The van der Waals surface area contributed by atoms with Crippen molar-refractivity contribution in [2.75, 3.05) is 43.0 Å². The Bertz CT molecular complexity index is 1080. The molecule has 3 aromatic rings. The van der Waals surface area contributed by atoms with Crippen molar-refractivity contribution in [2.24, 2.45) is 0 Å². The Labute approximate surface area is 185 Å². The summed E-state index contributed by atoms with van der Waals surface area (Å²) in [6.45, 7) is 5.81. The Morgan fingerprint density at radius 1 is 1.12 bits per heavy atom. The lowest BCUT2D eigenvalue weighted by Crippen LogP contribution is -2.42. The molecule has 170 valence electrons. The fourth-order valence-corrected chi connectivity index (χ4v) is 4.37. The van der Waals surface area contributed by atoms with Crippen molar-refractivity contribution in [3.05, 3.63) is 36.2 Å². The molecule has 2 fully saturated rings. The topological polar surface area (TPSA) is 80.1 Å². The van der Waals surface area contributed by atoms with Crippen molar-refractivity contribution in [3.8, 4) is 5.82 Å². The van der Waals surface area contributed by atoms with Gasteiger partial charge in [-0.1, -0.05) is 12.1 Å². The Kier molecular flexibility index (Phi) is 5.88. The number of rotatable bonds is 5. The minimum atomic E-state index is -2.73. The third-order valence-electron chi connectivity index (χ3n) is 5.95. The van der Waals surface area contributed by atoms with Crippen molar-refractivity contribution >= 4 is 22.8 Å². The van der Waals surface area contributed by atoms with Crippen LogP contribution in [0.25, 0.3) is 16.9 Å². The molecule has 0 radical (unpaired) electrons. The number of anilines is 2. The average molecular weight is 444 g/mol. The Morgan fingerprint density at radius 3 is 2.69 bits per heavy atom. The smallest absolute Gasteiger partial charge is 0.296 e. The summed E-state index contributed by atoms with van der Waals surface area (Å²) in [6, 6.07) is 9.13. The maximum Gasteiger partial charge on any atom is 0.296 e. The van der Waals surface area contributed by atoms with Crippen molar-refractivity contribution in [3.63, 3.8) is 0 Å². The molecule has 2 saturated heterocycles. The number of hydrogen-bond donors (Lipinski definition) is 2. The quantitative estimate of drug-likeness (QED) is 0.627. The highest BCUT2D eigenvalue weighted by atomic mass is 19.3. The highest BCUT2D eigenvalue weighted by molar-refractivity contribution is 5.78. The minimum absolute atomic E-state index is 0.0636. The molecule has 1 atom stereocenters. The SMILES string of the molecule is CC1CN(c2cc(-n3c(C(F)F)nc4ccccc43)nc(NC3CCNCC3)n2)CCO1. The Balaban J connectivity index is 1.61. The van der Waals surface area contributed by atoms with Crippen LogP contribution in [0, 0.1) is 0 Å². The summed E-state index contributed by atoms with van der Waals surface area (Å²) in [4.78, 5) is 15.7. The lowest BCUT2D eigenvalue weighted by atomic mass is 10.1. The van der Waals surface area contributed by atoms with Gasteiger partial charge in [0.2, 0.25) is 5.95 Å². The van der Waals surface area contributed by atoms with Crippen LogP contribution >= 0.6 is 0 Å². The standard InChI is InChI=1S/C22H27F2N7O/c1-14-13-30(10-11-32-14)18-12-19(29-22(28-18)26-15-6-8-25-9-7-15)31-17-5-3-2-4-16(17)27-21(31)20(23)24/h2-5,12,14-15,20,25H,6-11,13H2,1H3,(H,26,28,29). The van der Waals surface area contributed by atoms with Gasteiger partial charge in [-0.25, -0.2) is 13.8 Å². The number of imidazole rings is 1. The van der Waals surface area contributed by atoms with Crippen molar-refractivity contribution in [1.29, 1.82) is 0 Å². The van der Waals surface area contributed by atoms with E-state index in [4.69, 9.17) is 9.72 Å². The van der Waals surface area contributed by atoms with Crippen LogP contribution in [-0.2, 0) is 4.74 Å². The molecule has 32 heavy (non-hydrogen) atoms. The van der Waals surface area contributed by atoms with E-state index in [1.165, 1.54) is 4.57 Å². The van der Waals surface area contributed by atoms with Crippen molar-refractivity contribution in [1.82, 2.24) is 24.8 Å². The van der Waals surface area contributed by atoms with Crippen LogP contribution in [-0.4, -0.2) is 64.5 Å². The van der Waals surface area contributed by atoms with Gasteiger partial charge in [0.1, 0.15) is 11.6 Å². The van der Waals surface area contributed by atoms with Gasteiger partial charge in [0.15, 0.2) is 5.82 Å². The van der Waals surface area contributed by atoms with E-state index >= 15 is 0 Å². The zero-order valence-electron chi connectivity index (χ0n) is 18.0. The first-order chi connectivity index (χ1) is 15.6. The molecule has 0 bridgehead atoms. The number of alkyl halides is 2. The Morgan fingerprint density at radius 2 is 1.91 bits per heavy atom. The molecule has 0 saturated carbocycles. The van der Waals surface area contributed by atoms with E-state index in [-0.39, 0.29) is 18.0 Å². The largest absolute Gasteiger partial charge is 0.375 e. The number of benzene rings is 1. The molecule has 0 amide bonds. The summed E-state index contributed by atoms with van der Waals surface area (Å²) in [5, 5.41) is 6.77. The van der Waals surface area contributed by atoms with E-state index in [1.807, 2.05) is 13.0 Å². The normalized spacial score (nSPS) is 20.2. The number of morpholine rings is 1. The number of nitrogens with zero attached hydrogens (tertiary/aromatic N) is 5. The van der Waals surface area contributed by atoms with Gasteiger partial charge in [0.05, 0.1) is 23.7 Å². The third kappa shape index (κ3) is 4.24. The second-order valence-electron chi connectivity index (χ2n) is 8.30. The maximum absolute atomic E-state index is 14.0. The van der Waals surface area contributed by atoms with Gasteiger partial charge in [0.25, 0.3) is 6.43 Å². The number of nitrogens with one attached hydrogen (secondary N) is 2. The fourth-order valence-electron chi connectivity index (χ4n) is 4.37. The van der Waals surface area contributed by atoms with Gasteiger partial charge >= 0.3 is 0 Å². The van der Waals surface area contributed by atoms with Gasteiger partial charge in [-0.2, -0.15) is 9.97 Å². The molecule has 5 rings (SSSR count). The van der Waals surface area contributed by atoms with Gasteiger partial charge in [-0.05, 0) is 45.0 Å². The second-order valence-corrected chi connectivity index (χ2v) is 8.30. The van der Waals surface area contributed by atoms with Crippen LogP contribution < -0.4 is 15.5 Å². The van der Waals surface area contributed by atoms with Crippen LogP contribution in [0.3, 0.4) is 0 Å². The Hall–Kier alpha value is -2.85. The molecule has 10 heteroatoms. The second kappa shape index (κ2) is 8.95. The minimum Gasteiger partial charge on any atom is -0.375 e. The molecule has 0 spiro atoms. The number of para-hydroxylation sites is 2. The van der Waals surface area contributed by atoms with Gasteiger partial charge in [0, 0.05) is 25.2 Å². The van der Waals surface area contributed by atoms with E-state index in [0.717, 1.165) is 25.9 Å². The number of halogens is 2.